The third-order valence-corrected chi connectivity index (χ3v) is 10.3. The molecule has 7 heteroatoms. The maximum Gasteiger partial charge on any atom is 0.309 e. The fourth-order valence-corrected chi connectivity index (χ4v) is 8.70. The zero-order valence-electron chi connectivity index (χ0n) is 20.9. The van der Waals surface area contributed by atoms with Crippen LogP contribution in [0.1, 0.15) is 41.6 Å². The molecule has 0 unspecified atom stereocenters. The number of rotatable bonds is 9. The van der Waals surface area contributed by atoms with Crippen LogP contribution in [0.2, 0.25) is 0 Å². The minimum atomic E-state index is -3.94. The van der Waals surface area contributed by atoms with E-state index in [1.807, 2.05) is 63.2 Å². The number of carboxylic acids is 1. The molecular weight excluding hydrogens is 490 g/mol. The van der Waals surface area contributed by atoms with Crippen LogP contribution in [0.3, 0.4) is 0 Å². The molecule has 0 saturated carbocycles. The average molecular weight is 524 g/mol. The van der Waals surface area contributed by atoms with Crippen molar-refractivity contribution in [3.8, 4) is 0 Å². The van der Waals surface area contributed by atoms with Crippen molar-refractivity contribution in [1.82, 2.24) is 4.31 Å². The van der Waals surface area contributed by atoms with Crippen LogP contribution in [0.4, 0.5) is 0 Å². The molecule has 3 aromatic rings. The smallest absolute Gasteiger partial charge is 0.309 e. The van der Waals surface area contributed by atoms with Gasteiger partial charge in [-0.3, -0.25) is 4.79 Å². The first kappa shape index (κ1) is 26.5. The van der Waals surface area contributed by atoms with Gasteiger partial charge in [0, 0.05) is 11.3 Å². The van der Waals surface area contributed by atoms with Crippen LogP contribution in [0.15, 0.2) is 83.8 Å². The van der Waals surface area contributed by atoms with Crippen molar-refractivity contribution >= 4 is 27.8 Å². The number of hydrogen-bond acceptors (Lipinski definition) is 4. The number of aliphatic carboxylic acids is 1. The molecule has 1 saturated heterocycles. The number of hydrogen-bond donors (Lipinski definition) is 1. The molecule has 0 amide bonds. The van der Waals surface area contributed by atoms with Crippen LogP contribution in [0.5, 0.6) is 0 Å². The van der Waals surface area contributed by atoms with E-state index < -0.39 is 34.0 Å². The summed E-state index contributed by atoms with van der Waals surface area (Å²) in [6, 6.07) is 23.2. The minimum absolute atomic E-state index is 0.197. The molecule has 1 heterocycles. The molecule has 3 aromatic carbocycles. The van der Waals surface area contributed by atoms with Crippen molar-refractivity contribution in [2.75, 3.05) is 5.75 Å². The summed E-state index contributed by atoms with van der Waals surface area (Å²) >= 11 is 1.58. The average Bonchev–Trinajstić information content (AvgIpc) is 3.20. The topological polar surface area (TPSA) is 74.7 Å². The second-order valence-electron chi connectivity index (χ2n) is 9.41. The van der Waals surface area contributed by atoms with E-state index >= 15 is 0 Å². The van der Waals surface area contributed by atoms with Crippen LogP contribution >= 0.6 is 11.8 Å². The molecule has 0 radical (unpaired) electrons. The highest BCUT2D eigenvalue weighted by Gasteiger charge is 2.56. The number of thioether (sulfide) groups is 1. The van der Waals surface area contributed by atoms with Crippen LogP contribution in [0.25, 0.3) is 0 Å². The van der Waals surface area contributed by atoms with Crippen molar-refractivity contribution in [3.05, 3.63) is 101 Å². The Labute approximate surface area is 218 Å². The van der Waals surface area contributed by atoms with E-state index in [0.717, 1.165) is 17.5 Å². The van der Waals surface area contributed by atoms with Gasteiger partial charge < -0.3 is 5.11 Å². The van der Waals surface area contributed by atoms with Crippen LogP contribution in [0, 0.1) is 19.8 Å². The van der Waals surface area contributed by atoms with E-state index in [-0.39, 0.29) is 10.1 Å². The maximum atomic E-state index is 14.1. The minimum Gasteiger partial charge on any atom is -0.481 e. The number of aryl methyl sites for hydroxylation is 3. The zero-order valence-corrected chi connectivity index (χ0v) is 22.5. The third kappa shape index (κ3) is 5.38. The first-order valence-electron chi connectivity index (χ1n) is 12.3. The summed E-state index contributed by atoms with van der Waals surface area (Å²) in [7, 11) is -3.94. The van der Waals surface area contributed by atoms with E-state index in [1.54, 1.807) is 36.0 Å². The largest absolute Gasteiger partial charge is 0.481 e. The molecule has 4 rings (SSSR count). The maximum absolute atomic E-state index is 14.1. The van der Waals surface area contributed by atoms with Crippen molar-refractivity contribution in [3.63, 3.8) is 0 Å². The molecular formula is C29H33NO4S2. The van der Waals surface area contributed by atoms with E-state index in [4.69, 9.17) is 0 Å². The van der Waals surface area contributed by atoms with Gasteiger partial charge >= 0.3 is 5.97 Å². The molecule has 5 nitrogen and oxygen atoms in total. The Morgan fingerprint density at radius 3 is 2.06 bits per heavy atom. The summed E-state index contributed by atoms with van der Waals surface area (Å²) in [5.41, 5.74) is 3.91. The first-order chi connectivity index (χ1) is 17.2. The zero-order chi connectivity index (χ0) is 25.9. The molecule has 190 valence electrons. The number of benzene rings is 3. The predicted molar refractivity (Wildman–Crippen MR) is 146 cm³/mol. The predicted octanol–water partition coefficient (Wildman–Crippen LogP) is 5.87. The quantitative estimate of drug-likeness (QED) is 0.380. The lowest BCUT2D eigenvalue weighted by Gasteiger charge is -2.30. The third-order valence-electron chi connectivity index (χ3n) is 6.94. The molecule has 4 atom stereocenters. The van der Waals surface area contributed by atoms with Crippen LogP contribution < -0.4 is 0 Å². The van der Waals surface area contributed by atoms with Gasteiger partial charge in [0.2, 0.25) is 10.0 Å². The summed E-state index contributed by atoms with van der Waals surface area (Å²) in [6.45, 7) is 5.82. The van der Waals surface area contributed by atoms with Gasteiger partial charge in [0.25, 0.3) is 0 Å². The molecule has 1 aliphatic heterocycles. The molecule has 1 N–H and O–H groups in total. The summed E-state index contributed by atoms with van der Waals surface area (Å²) in [4.78, 5) is 13.0. The molecule has 0 aliphatic carbocycles. The number of carbonyl (C=O) groups is 1. The van der Waals surface area contributed by atoms with Gasteiger partial charge in [-0.15, -0.1) is 0 Å². The lowest BCUT2D eigenvalue weighted by atomic mass is 9.92. The van der Waals surface area contributed by atoms with Gasteiger partial charge in [0.05, 0.1) is 16.9 Å². The Hall–Kier alpha value is -2.61. The molecule has 36 heavy (non-hydrogen) atoms. The highest BCUT2D eigenvalue weighted by Crippen LogP contribution is 2.50. The molecule has 1 fully saturated rings. The summed E-state index contributed by atoms with van der Waals surface area (Å²) in [5, 5.41) is 10.1. The Morgan fingerprint density at radius 2 is 1.50 bits per heavy atom. The van der Waals surface area contributed by atoms with Gasteiger partial charge in [-0.25, -0.2) is 8.42 Å². The highest BCUT2D eigenvalue weighted by atomic mass is 32.2. The Balaban J connectivity index is 1.77. The van der Waals surface area contributed by atoms with Crippen LogP contribution in [-0.4, -0.2) is 40.8 Å². The second-order valence-corrected chi connectivity index (χ2v) is 12.5. The number of carboxylic acid groups (broad SMARTS) is 1. The summed E-state index contributed by atoms with van der Waals surface area (Å²) in [5.74, 6) is -1.11. The Kier molecular flexibility index (Phi) is 8.23. The fourth-order valence-electron chi connectivity index (χ4n) is 5.07. The van der Waals surface area contributed by atoms with E-state index in [9.17, 15) is 18.3 Å². The van der Waals surface area contributed by atoms with Crippen molar-refractivity contribution < 1.29 is 18.3 Å². The van der Waals surface area contributed by atoms with Gasteiger partial charge in [-0.05, 0) is 55.7 Å². The SMILES string of the molecule is CC[C@@H]1[C@@H](SCCc2ccccc2)[C@@H](C(=O)O)[C@H](c2ccc(C)cc2)N1S(=O)(=O)c1ccc(C)cc1. The van der Waals surface area contributed by atoms with Gasteiger partial charge in [0.1, 0.15) is 0 Å². The lowest BCUT2D eigenvalue weighted by Crippen LogP contribution is -2.39. The van der Waals surface area contributed by atoms with Crippen molar-refractivity contribution in [2.45, 2.75) is 55.8 Å². The second kappa shape index (κ2) is 11.2. The van der Waals surface area contributed by atoms with E-state index in [2.05, 4.69) is 12.1 Å². The summed E-state index contributed by atoms with van der Waals surface area (Å²) < 4.78 is 29.7. The first-order valence-corrected chi connectivity index (χ1v) is 14.8. The van der Waals surface area contributed by atoms with Crippen molar-refractivity contribution in [1.29, 1.82) is 0 Å². The Bertz CT molecular complexity index is 1280. The monoisotopic (exact) mass is 523 g/mol. The van der Waals surface area contributed by atoms with Crippen LogP contribution in [-0.2, 0) is 21.2 Å². The van der Waals surface area contributed by atoms with Gasteiger partial charge in [0.15, 0.2) is 0 Å². The number of nitrogens with zero attached hydrogens (tertiary/aromatic N) is 1. The summed E-state index contributed by atoms with van der Waals surface area (Å²) in [6.07, 6.45) is 1.32. The number of sulfonamides is 1. The highest BCUT2D eigenvalue weighted by molar-refractivity contribution is 8.00. The van der Waals surface area contributed by atoms with E-state index in [0.29, 0.717) is 17.7 Å². The lowest BCUT2D eigenvalue weighted by molar-refractivity contribution is -0.142. The molecule has 0 spiro atoms. The van der Waals surface area contributed by atoms with Gasteiger partial charge in [-0.1, -0.05) is 84.8 Å². The standard InChI is InChI=1S/C29H33NO4S2/c1-4-25-28(35-19-18-22-8-6-5-7-9-22)26(29(31)32)27(23-14-10-20(2)11-15-23)30(25)36(33,34)24-16-12-21(3)13-17-24/h5-17,25-28H,4,18-19H2,1-3H3,(H,31,32)/t25-,26+,27+,28-/m1/s1. The van der Waals surface area contributed by atoms with Crippen molar-refractivity contribution in [2.24, 2.45) is 5.92 Å². The molecule has 0 aromatic heterocycles. The molecule has 0 bridgehead atoms. The fraction of sp³-hybridized carbons (Fsp3) is 0.345. The molecule has 1 aliphatic rings. The Morgan fingerprint density at radius 1 is 0.917 bits per heavy atom. The van der Waals surface area contributed by atoms with Gasteiger partial charge in [-0.2, -0.15) is 16.1 Å². The normalized spacial score (nSPS) is 22.5. The van der Waals surface area contributed by atoms with E-state index in [1.165, 1.54) is 9.87 Å².